The summed E-state index contributed by atoms with van der Waals surface area (Å²) in [5.41, 5.74) is 4.58. The van der Waals surface area contributed by atoms with E-state index in [4.69, 9.17) is 4.74 Å². The van der Waals surface area contributed by atoms with Crippen LogP contribution in [0, 0.1) is 0 Å². The number of rotatable bonds is 7. The molecule has 0 radical (unpaired) electrons. The van der Waals surface area contributed by atoms with Gasteiger partial charge < -0.3 is 0 Å². The summed E-state index contributed by atoms with van der Waals surface area (Å²) >= 11 is 0.372. The number of aliphatic carboxylic acids is 1. The van der Waals surface area contributed by atoms with Gasteiger partial charge in [0.2, 0.25) is 0 Å². The Hall–Kier alpha value is -2.30. The van der Waals surface area contributed by atoms with Crippen LogP contribution >= 0.6 is 0 Å². The molecule has 0 aliphatic heterocycles. The average molecular weight is 418 g/mol. The summed E-state index contributed by atoms with van der Waals surface area (Å²) < 4.78 is 5.39. The maximum atomic E-state index is 12.1. The van der Waals surface area contributed by atoms with Gasteiger partial charge in [0, 0.05) is 0 Å². The molecule has 0 unspecified atom stereocenters. The fourth-order valence-electron chi connectivity index (χ4n) is 3.28. The molecule has 1 aliphatic carbocycles. The molecular weight excluding hydrogens is 397 g/mol. The third-order valence-corrected chi connectivity index (χ3v) is 5.90. The fourth-order valence-corrected chi connectivity index (χ4v) is 4.26. The van der Waals surface area contributed by atoms with Crippen LogP contribution in [0.25, 0.3) is 11.1 Å². The second-order valence-electron chi connectivity index (χ2n) is 6.14. The normalized spacial score (nSPS) is 13.6. The zero-order chi connectivity index (χ0) is 18.5. The third kappa shape index (κ3) is 3.92. The number of hydrogen-bond donors (Lipinski definition) is 2. The molecule has 0 saturated heterocycles. The molecule has 2 N–H and O–H groups in total. The van der Waals surface area contributed by atoms with Gasteiger partial charge >= 0.3 is 159 Å². The Balaban J connectivity index is 1.68. The van der Waals surface area contributed by atoms with E-state index < -0.39 is 18.1 Å². The van der Waals surface area contributed by atoms with Crippen molar-refractivity contribution in [1.82, 2.24) is 5.32 Å². The van der Waals surface area contributed by atoms with Crippen molar-refractivity contribution in [3.05, 3.63) is 59.7 Å². The first-order valence-corrected chi connectivity index (χ1v) is 11.4. The van der Waals surface area contributed by atoms with Crippen molar-refractivity contribution in [3.63, 3.8) is 0 Å². The molecule has 26 heavy (non-hydrogen) atoms. The van der Waals surface area contributed by atoms with E-state index in [0.717, 1.165) is 27.6 Å². The molecule has 2 aromatic carbocycles. The first kappa shape index (κ1) is 18.5. The van der Waals surface area contributed by atoms with Crippen LogP contribution in [-0.4, -0.2) is 44.8 Å². The van der Waals surface area contributed by atoms with Gasteiger partial charge in [-0.1, -0.05) is 0 Å². The quantitative estimate of drug-likeness (QED) is 0.675. The van der Waals surface area contributed by atoms with Crippen LogP contribution in [0.15, 0.2) is 48.5 Å². The van der Waals surface area contributed by atoms with Gasteiger partial charge in [0.1, 0.15) is 0 Å². The van der Waals surface area contributed by atoms with E-state index in [2.05, 4.69) is 17.4 Å². The first-order chi connectivity index (χ1) is 12.6. The minimum absolute atomic E-state index is 0.0320. The molecule has 1 atom stereocenters. The Morgan fingerprint density at radius 2 is 1.69 bits per heavy atom. The number of ether oxygens (including phenoxy) is 1. The first-order valence-electron chi connectivity index (χ1n) is 8.45. The number of hydrogen-bond acceptors (Lipinski definition) is 3. The summed E-state index contributed by atoms with van der Waals surface area (Å²) in [6.45, 7) is 0.184. The van der Waals surface area contributed by atoms with Gasteiger partial charge in [0.05, 0.1) is 0 Å². The predicted octanol–water partition coefficient (Wildman–Crippen LogP) is 3.54. The topological polar surface area (TPSA) is 75.6 Å². The monoisotopic (exact) mass is 419 g/mol. The van der Waals surface area contributed by atoms with Gasteiger partial charge in [0.15, 0.2) is 0 Å². The Morgan fingerprint density at radius 1 is 1.12 bits per heavy atom. The molecule has 2 aromatic rings. The summed E-state index contributed by atoms with van der Waals surface area (Å²) in [6, 6.07) is 15.3. The van der Waals surface area contributed by atoms with Crippen LogP contribution in [0.1, 0.15) is 23.5 Å². The number of nitrogens with one attached hydrogen (secondary N) is 1. The van der Waals surface area contributed by atoms with Crippen LogP contribution in [-0.2, 0) is 9.53 Å². The van der Waals surface area contributed by atoms with Crippen molar-refractivity contribution < 1.29 is 19.4 Å². The van der Waals surface area contributed by atoms with E-state index in [1.54, 1.807) is 0 Å². The SMILES string of the molecule is C[Se]CC[C@@H](NC(=O)OCC1c2ccccc2-c2ccccc21)C(=O)O. The molecule has 3 rings (SSSR count). The van der Waals surface area contributed by atoms with Crippen LogP contribution < -0.4 is 5.32 Å². The summed E-state index contributed by atoms with van der Waals surface area (Å²) in [7, 11) is 0. The van der Waals surface area contributed by atoms with Gasteiger partial charge in [-0.05, 0) is 0 Å². The Kier molecular flexibility index (Phi) is 5.96. The summed E-state index contributed by atoms with van der Waals surface area (Å²) in [5, 5.41) is 12.5. The van der Waals surface area contributed by atoms with Gasteiger partial charge in [-0.3, -0.25) is 0 Å². The van der Waals surface area contributed by atoms with Crippen molar-refractivity contribution in [2.75, 3.05) is 6.61 Å². The van der Waals surface area contributed by atoms with E-state index in [9.17, 15) is 14.7 Å². The standard InChI is InChI=1S/C20H21NO4Se/c1-26-11-10-18(19(22)23)21-20(24)25-12-17-15-8-4-2-6-13(15)14-7-3-5-9-16(14)17/h2-9,17-18H,10-12H2,1H3,(H,21,24)(H,22,23)/t18-/m1/s1. The Labute approximate surface area is 158 Å². The van der Waals surface area contributed by atoms with Crippen LogP contribution in [0.5, 0.6) is 0 Å². The second-order valence-corrected chi connectivity index (χ2v) is 8.21. The minimum atomic E-state index is -1.03. The fraction of sp³-hybridized carbons (Fsp3) is 0.300. The average Bonchev–Trinajstić information content (AvgIpc) is 2.97. The van der Waals surface area contributed by atoms with Gasteiger partial charge in [0.25, 0.3) is 0 Å². The Morgan fingerprint density at radius 3 is 2.23 bits per heavy atom. The number of carbonyl (C=O) groups excluding carboxylic acids is 1. The van der Waals surface area contributed by atoms with Gasteiger partial charge in [-0.25, -0.2) is 0 Å². The predicted molar refractivity (Wildman–Crippen MR) is 101 cm³/mol. The molecule has 0 fully saturated rings. The molecule has 5 nitrogen and oxygen atoms in total. The summed E-state index contributed by atoms with van der Waals surface area (Å²) in [6.07, 6.45) is -0.251. The molecule has 0 aromatic heterocycles. The third-order valence-electron chi connectivity index (χ3n) is 4.54. The Bertz CT molecular complexity index is 762. The second kappa shape index (κ2) is 8.39. The van der Waals surface area contributed by atoms with Crippen molar-refractivity contribution in [3.8, 4) is 11.1 Å². The van der Waals surface area contributed by atoms with Crippen molar-refractivity contribution in [1.29, 1.82) is 0 Å². The number of benzene rings is 2. The number of carboxylic acids is 1. The van der Waals surface area contributed by atoms with Crippen LogP contribution in [0.2, 0.25) is 11.1 Å². The zero-order valence-corrected chi connectivity index (χ0v) is 16.2. The van der Waals surface area contributed by atoms with Crippen LogP contribution in [0.4, 0.5) is 4.79 Å². The molecule has 1 amide bonds. The van der Waals surface area contributed by atoms with E-state index >= 15 is 0 Å². The van der Waals surface area contributed by atoms with E-state index in [0.29, 0.717) is 21.4 Å². The number of fused-ring (bicyclic) bond motifs is 3. The molecule has 0 bridgehead atoms. The number of carbonyl (C=O) groups is 2. The number of alkyl carbamates (subject to hydrolysis) is 1. The summed E-state index contributed by atoms with van der Waals surface area (Å²) in [4.78, 5) is 23.4. The van der Waals surface area contributed by atoms with Gasteiger partial charge in [-0.15, -0.1) is 0 Å². The van der Waals surface area contributed by atoms with E-state index in [1.165, 1.54) is 0 Å². The number of carboxylic acid groups (broad SMARTS) is 1. The molecule has 0 saturated carbocycles. The van der Waals surface area contributed by atoms with Crippen LogP contribution in [0.3, 0.4) is 0 Å². The zero-order valence-electron chi connectivity index (χ0n) is 14.5. The van der Waals surface area contributed by atoms with E-state index in [-0.39, 0.29) is 12.5 Å². The van der Waals surface area contributed by atoms with Crippen molar-refractivity contribution in [2.45, 2.75) is 29.5 Å². The molecule has 136 valence electrons. The van der Waals surface area contributed by atoms with E-state index in [1.807, 2.05) is 42.2 Å². The summed E-state index contributed by atoms with van der Waals surface area (Å²) in [5.74, 6) is 0.984. The molecule has 1 aliphatic rings. The van der Waals surface area contributed by atoms with Gasteiger partial charge in [-0.2, -0.15) is 0 Å². The molecular formula is C20H21NO4Se. The maximum absolute atomic E-state index is 12.1. The van der Waals surface area contributed by atoms with Crippen molar-refractivity contribution in [2.24, 2.45) is 0 Å². The van der Waals surface area contributed by atoms with Crippen molar-refractivity contribution >= 4 is 27.0 Å². The number of amides is 1. The molecule has 0 spiro atoms. The molecule has 0 heterocycles. The molecule has 6 heteroatoms.